The minimum atomic E-state index is 0.104. The highest BCUT2D eigenvalue weighted by molar-refractivity contribution is 5.79. The number of likely N-dealkylation sites (tertiary alicyclic amines) is 1. The van der Waals surface area contributed by atoms with Crippen LogP contribution in [0.4, 0.5) is 0 Å². The van der Waals surface area contributed by atoms with E-state index in [4.69, 9.17) is 10.5 Å². The Hall–Kier alpha value is -0.610. The van der Waals surface area contributed by atoms with E-state index in [1.165, 1.54) is 0 Å². The van der Waals surface area contributed by atoms with Gasteiger partial charge in [0.15, 0.2) is 0 Å². The third kappa shape index (κ3) is 2.38. The third-order valence-electron chi connectivity index (χ3n) is 4.01. The second-order valence-corrected chi connectivity index (χ2v) is 5.11. The molecule has 4 heteroatoms. The number of nitrogens with zero attached hydrogens (tertiary/aromatic N) is 1. The van der Waals surface area contributed by atoms with Crippen molar-refractivity contribution in [1.29, 1.82) is 0 Å². The zero-order valence-electron chi connectivity index (χ0n) is 10.0. The minimum Gasteiger partial charge on any atom is -0.381 e. The van der Waals surface area contributed by atoms with Crippen LogP contribution in [0.3, 0.4) is 0 Å². The Kier molecular flexibility index (Phi) is 3.82. The molecule has 2 aliphatic rings. The van der Waals surface area contributed by atoms with Gasteiger partial charge in [-0.2, -0.15) is 0 Å². The summed E-state index contributed by atoms with van der Waals surface area (Å²) in [4.78, 5) is 14.2. The van der Waals surface area contributed by atoms with Gasteiger partial charge in [0.05, 0.1) is 12.5 Å². The van der Waals surface area contributed by atoms with Crippen molar-refractivity contribution in [3.8, 4) is 0 Å². The maximum Gasteiger partial charge on any atom is 0.228 e. The number of hydrogen-bond donors (Lipinski definition) is 1. The topological polar surface area (TPSA) is 55.6 Å². The van der Waals surface area contributed by atoms with E-state index >= 15 is 0 Å². The Morgan fingerprint density at radius 1 is 1.50 bits per heavy atom. The second kappa shape index (κ2) is 5.15. The lowest BCUT2D eigenvalue weighted by Gasteiger charge is -2.37. The van der Waals surface area contributed by atoms with E-state index in [0.29, 0.717) is 25.0 Å². The molecule has 0 radical (unpaired) electrons. The number of amides is 1. The van der Waals surface area contributed by atoms with Crippen molar-refractivity contribution in [2.24, 2.45) is 23.5 Å². The molecule has 2 heterocycles. The van der Waals surface area contributed by atoms with E-state index in [1.54, 1.807) is 0 Å². The van der Waals surface area contributed by atoms with E-state index in [9.17, 15) is 4.79 Å². The van der Waals surface area contributed by atoms with Crippen LogP contribution in [0, 0.1) is 17.8 Å². The lowest BCUT2D eigenvalue weighted by molar-refractivity contribution is -0.138. The highest BCUT2D eigenvalue weighted by Crippen LogP contribution is 2.25. The Labute approximate surface area is 97.1 Å². The number of rotatable bonds is 2. The number of carbonyl (C=O) groups is 1. The molecular weight excluding hydrogens is 204 g/mol. The monoisotopic (exact) mass is 226 g/mol. The van der Waals surface area contributed by atoms with Gasteiger partial charge in [-0.15, -0.1) is 0 Å². The number of carbonyl (C=O) groups excluding carboxylic acids is 1. The van der Waals surface area contributed by atoms with E-state index < -0.39 is 0 Å². The Morgan fingerprint density at radius 2 is 2.31 bits per heavy atom. The van der Waals surface area contributed by atoms with Gasteiger partial charge < -0.3 is 15.4 Å². The first kappa shape index (κ1) is 11.9. The van der Waals surface area contributed by atoms with Crippen molar-refractivity contribution in [3.05, 3.63) is 0 Å². The van der Waals surface area contributed by atoms with Gasteiger partial charge in [0.2, 0.25) is 5.91 Å². The summed E-state index contributed by atoms with van der Waals surface area (Å²) in [7, 11) is 0. The molecule has 0 saturated carbocycles. The summed E-state index contributed by atoms with van der Waals surface area (Å²) in [6, 6.07) is 0. The Bertz CT molecular complexity index is 251. The van der Waals surface area contributed by atoms with Crippen molar-refractivity contribution in [2.45, 2.75) is 19.8 Å². The fraction of sp³-hybridized carbons (Fsp3) is 0.917. The van der Waals surface area contributed by atoms with Gasteiger partial charge in [-0.05, 0) is 31.2 Å². The van der Waals surface area contributed by atoms with Crippen LogP contribution >= 0.6 is 0 Å². The first-order valence-corrected chi connectivity index (χ1v) is 6.29. The molecule has 0 aromatic heterocycles. The average Bonchev–Trinajstić information content (AvgIpc) is 2.82. The Morgan fingerprint density at radius 3 is 2.94 bits per heavy atom. The Balaban J connectivity index is 1.91. The van der Waals surface area contributed by atoms with Crippen molar-refractivity contribution in [1.82, 2.24) is 4.90 Å². The van der Waals surface area contributed by atoms with Gasteiger partial charge >= 0.3 is 0 Å². The number of nitrogens with two attached hydrogens (primary N) is 1. The highest BCUT2D eigenvalue weighted by Gasteiger charge is 2.33. The summed E-state index contributed by atoms with van der Waals surface area (Å²) in [5, 5.41) is 0. The van der Waals surface area contributed by atoms with Gasteiger partial charge in [-0.3, -0.25) is 4.79 Å². The van der Waals surface area contributed by atoms with E-state index in [1.807, 2.05) is 4.90 Å². The van der Waals surface area contributed by atoms with Gasteiger partial charge in [0.25, 0.3) is 0 Å². The molecule has 2 N–H and O–H groups in total. The van der Waals surface area contributed by atoms with Crippen LogP contribution in [0.5, 0.6) is 0 Å². The molecule has 0 bridgehead atoms. The molecule has 92 valence electrons. The molecule has 2 saturated heterocycles. The molecule has 0 spiro atoms. The molecule has 3 atom stereocenters. The van der Waals surface area contributed by atoms with Crippen molar-refractivity contribution >= 4 is 5.91 Å². The second-order valence-electron chi connectivity index (χ2n) is 5.11. The lowest BCUT2D eigenvalue weighted by atomic mass is 9.86. The fourth-order valence-electron chi connectivity index (χ4n) is 2.64. The molecule has 0 aromatic carbocycles. The van der Waals surface area contributed by atoms with Gasteiger partial charge in [-0.1, -0.05) is 6.92 Å². The average molecular weight is 226 g/mol. The summed E-state index contributed by atoms with van der Waals surface area (Å²) in [5.41, 5.74) is 5.75. The first-order chi connectivity index (χ1) is 7.72. The van der Waals surface area contributed by atoms with Gasteiger partial charge in [0.1, 0.15) is 0 Å². The number of piperidine rings is 1. The molecule has 2 rings (SSSR count). The zero-order chi connectivity index (χ0) is 11.5. The van der Waals surface area contributed by atoms with E-state index in [0.717, 1.165) is 32.5 Å². The molecule has 16 heavy (non-hydrogen) atoms. The van der Waals surface area contributed by atoms with Crippen LogP contribution < -0.4 is 5.73 Å². The highest BCUT2D eigenvalue weighted by atomic mass is 16.5. The summed E-state index contributed by atoms with van der Waals surface area (Å²) in [6.45, 7) is 6.00. The van der Waals surface area contributed by atoms with Crippen LogP contribution in [-0.2, 0) is 9.53 Å². The van der Waals surface area contributed by atoms with Gasteiger partial charge in [0, 0.05) is 19.7 Å². The van der Waals surface area contributed by atoms with Crippen LogP contribution in [0.1, 0.15) is 19.8 Å². The SMILES string of the molecule is CC1CCN(C(=O)C2CCOC2)CC1CN. The molecule has 0 aromatic rings. The zero-order valence-corrected chi connectivity index (χ0v) is 10.0. The molecule has 1 amide bonds. The summed E-state index contributed by atoms with van der Waals surface area (Å²) < 4.78 is 5.27. The minimum absolute atomic E-state index is 0.104. The van der Waals surface area contributed by atoms with E-state index in [-0.39, 0.29) is 11.8 Å². The van der Waals surface area contributed by atoms with Crippen molar-refractivity contribution < 1.29 is 9.53 Å². The molecule has 0 aliphatic carbocycles. The fourth-order valence-corrected chi connectivity index (χ4v) is 2.64. The predicted octanol–water partition coefficient (Wildman–Crippen LogP) is 0.466. The molecule has 3 unspecified atom stereocenters. The van der Waals surface area contributed by atoms with Crippen LogP contribution in [0.25, 0.3) is 0 Å². The number of ether oxygens (including phenoxy) is 1. The molecule has 2 aliphatic heterocycles. The van der Waals surface area contributed by atoms with Crippen LogP contribution in [0.2, 0.25) is 0 Å². The summed E-state index contributed by atoms with van der Waals surface area (Å²) >= 11 is 0. The normalized spacial score (nSPS) is 35.4. The van der Waals surface area contributed by atoms with Crippen molar-refractivity contribution in [3.63, 3.8) is 0 Å². The molecule has 2 fully saturated rings. The largest absolute Gasteiger partial charge is 0.381 e. The predicted molar refractivity (Wildman–Crippen MR) is 61.8 cm³/mol. The molecular formula is C12H22N2O2. The quantitative estimate of drug-likeness (QED) is 0.744. The lowest BCUT2D eigenvalue weighted by Crippen LogP contribution is -2.47. The maximum atomic E-state index is 12.2. The molecule has 4 nitrogen and oxygen atoms in total. The first-order valence-electron chi connectivity index (χ1n) is 6.29. The van der Waals surface area contributed by atoms with Crippen LogP contribution in [0.15, 0.2) is 0 Å². The van der Waals surface area contributed by atoms with E-state index in [2.05, 4.69) is 6.92 Å². The summed E-state index contributed by atoms with van der Waals surface area (Å²) in [5.74, 6) is 1.50. The summed E-state index contributed by atoms with van der Waals surface area (Å²) in [6.07, 6.45) is 1.97. The smallest absolute Gasteiger partial charge is 0.228 e. The van der Waals surface area contributed by atoms with Crippen LogP contribution in [-0.4, -0.2) is 43.7 Å². The van der Waals surface area contributed by atoms with Gasteiger partial charge in [-0.25, -0.2) is 0 Å². The number of hydrogen-bond acceptors (Lipinski definition) is 3. The van der Waals surface area contributed by atoms with Crippen molar-refractivity contribution in [2.75, 3.05) is 32.8 Å². The standard InChI is InChI=1S/C12H22N2O2/c1-9-2-4-14(7-11(9)6-13)12(15)10-3-5-16-8-10/h9-11H,2-8,13H2,1H3. The maximum absolute atomic E-state index is 12.2. The third-order valence-corrected chi connectivity index (χ3v) is 4.01.